The average molecular weight is 450 g/mol. The summed E-state index contributed by atoms with van der Waals surface area (Å²) < 4.78 is 11.0. The standard InChI is InChI=1S/C24H27N5O4/c1-32-21-10-19(26-12-18(21)16-6-4-3-5-7-16)24(31)29-9-8-28(14-17(29)15-30)20-13-27-23(25)11-22(20)33-2/h3-7,10-13,17,30H,8-9,14-15H2,1-2H3,(H2,25,27)/t17-/m0/s1. The number of pyridine rings is 2. The van der Waals surface area contributed by atoms with Gasteiger partial charge in [0.2, 0.25) is 0 Å². The highest BCUT2D eigenvalue weighted by Gasteiger charge is 2.32. The van der Waals surface area contributed by atoms with Crippen LogP contribution in [0.3, 0.4) is 0 Å². The predicted molar refractivity (Wildman–Crippen MR) is 126 cm³/mol. The molecular weight excluding hydrogens is 422 g/mol. The van der Waals surface area contributed by atoms with Crippen molar-refractivity contribution in [2.24, 2.45) is 0 Å². The first-order chi connectivity index (χ1) is 16.0. The van der Waals surface area contributed by atoms with E-state index in [4.69, 9.17) is 15.2 Å². The van der Waals surface area contributed by atoms with Gasteiger partial charge in [-0.05, 0) is 5.56 Å². The second kappa shape index (κ2) is 9.74. The summed E-state index contributed by atoms with van der Waals surface area (Å²) >= 11 is 0. The van der Waals surface area contributed by atoms with Gasteiger partial charge in [0.25, 0.3) is 5.91 Å². The number of hydrogen-bond donors (Lipinski definition) is 2. The van der Waals surface area contributed by atoms with Crippen molar-refractivity contribution in [2.75, 3.05) is 51.1 Å². The number of aromatic nitrogens is 2. The van der Waals surface area contributed by atoms with Crippen molar-refractivity contribution in [3.05, 3.63) is 60.6 Å². The number of carbonyl (C=O) groups excluding carboxylic acids is 1. The summed E-state index contributed by atoms with van der Waals surface area (Å²) in [7, 11) is 3.14. The summed E-state index contributed by atoms with van der Waals surface area (Å²) in [6.07, 6.45) is 3.30. The Labute approximate surface area is 192 Å². The van der Waals surface area contributed by atoms with E-state index in [1.165, 1.54) is 0 Å². The van der Waals surface area contributed by atoms with Gasteiger partial charge < -0.3 is 30.1 Å². The van der Waals surface area contributed by atoms with Gasteiger partial charge in [-0.3, -0.25) is 9.78 Å². The maximum absolute atomic E-state index is 13.3. The van der Waals surface area contributed by atoms with E-state index in [9.17, 15) is 9.90 Å². The Morgan fingerprint density at radius 2 is 1.85 bits per heavy atom. The van der Waals surface area contributed by atoms with Crippen molar-refractivity contribution >= 4 is 17.4 Å². The summed E-state index contributed by atoms with van der Waals surface area (Å²) in [5, 5.41) is 10.1. The molecule has 0 radical (unpaired) electrons. The van der Waals surface area contributed by atoms with Gasteiger partial charge in [-0.25, -0.2) is 4.98 Å². The van der Waals surface area contributed by atoms with E-state index in [0.29, 0.717) is 37.0 Å². The van der Waals surface area contributed by atoms with Crippen molar-refractivity contribution in [2.45, 2.75) is 6.04 Å². The van der Waals surface area contributed by atoms with Crippen LogP contribution in [-0.4, -0.2) is 72.4 Å². The lowest BCUT2D eigenvalue weighted by Crippen LogP contribution is -2.57. The summed E-state index contributed by atoms with van der Waals surface area (Å²) in [5.41, 5.74) is 8.56. The lowest BCUT2D eigenvalue weighted by Gasteiger charge is -2.41. The smallest absolute Gasteiger partial charge is 0.273 e. The second-order valence-electron chi connectivity index (χ2n) is 7.70. The van der Waals surface area contributed by atoms with E-state index in [0.717, 1.165) is 16.8 Å². The molecule has 1 amide bonds. The first-order valence-electron chi connectivity index (χ1n) is 10.6. The third-order valence-electron chi connectivity index (χ3n) is 5.77. The minimum absolute atomic E-state index is 0.188. The predicted octanol–water partition coefficient (Wildman–Crippen LogP) is 2.07. The van der Waals surface area contributed by atoms with Crippen LogP contribution < -0.4 is 20.1 Å². The van der Waals surface area contributed by atoms with Crippen molar-refractivity contribution < 1.29 is 19.4 Å². The van der Waals surface area contributed by atoms with Crippen LogP contribution in [0.4, 0.5) is 11.5 Å². The topological polar surface area (TPSA) is 114 Å². The van der Waals surface area contributed by atoms with Crippen LogP contribution in [-0.2, 0) is 0 Å². The van der Waals surface area contributed by atoms with Crippen LogP contribution in [0, 0.1) is 0 Å². The zero-order valence-electron chi connectivity index (χ0n) is 18.6. The zero-order chi connectivity index (χ0) is 23.4. The third-order valence-corrected chi connectivity index (χ3v) is 5.77. The van der Waals surface area contributed by atoms with Crippen molar-refractivity contribution in [3.63, 3.8) is 0 Å². The Hall–Kier alpha value is -3.85. The van der Waals surface area contributed by atoms with Crippen LogP contribution in [0.1, 0.15) is 10.5 Å². The molecule has 0 aliphatic carbocycles. The summed E-state index contributed by atoms with van der Waals surface area (Å²) in [6.45, 7) is 1.18. The Kier molecular flexibility index (Phi) is 6.60. The molecular formula is C24H27N5O4. The Morgan fingerprint density at radius 1 is 1.09 bits per heavy atom. The SMILES string of the molecule is COc1cc(C(=O)N2CCN(c3cnc(N)cc3OC)C[C@H]2CO)ncc1-c1ccccc1. The molecule has 1 aromatic carbocycles. The number of nitrogen functional groups attached to an aromatic ring is 1. The lowest BCUT2D eigenvalue weighted by atomic mass is 10.1. The number of carbonyl (C=O) groups is 1. The number of methoxy groups -OCH3 is 2. The van der Waals surface area contributed by atoms with Crippen LogP contribution in [0.15, 0.2) is 54.9 Å². The number of nitrogens with two attached hydrogens (primary N) is 1. The molecule has 1 aliphatic heterocycles. The van der Waals surface area contributed by atoms with Gasteiger partial charge >= 0.3 is 0 Å². The van der Waals surface area contributed by atoms with E-state index >= 15 is 0 Å². The molecule has 9 heteroatoms. The van der Waals surface area contributed by atoms with Crippen molar-refractivity contribution in [1.29, 1.82) is 0 Å². The highest BCUT2D eigenvalue weighted by molar-refractivity contribution is 5.94. The fraction of sp³-hybridized carbons (Fsp3) is 0.292. The molecule has 1 fully saturated rings. The maximum Gasteiger partial charge on any atom is 0.273 e. The Bertz CT molecular complexity index is 1130. The minimum atomic E-state index is -0.421. The molecule has 33 heavy (non-hydrogen) atoms. The molecule has 1 saturated heterocycles. The number of anilines is 2. The highest BCUT2D eigenvalue weighted by atomic mass is 16.5. The largest absolute Gasteiger partial charge is 0.496 e. The zero-order valence-corrected chi connectivity index (χ0v) is 18.6. The first-order valence-corrected chi connectivity index (χ1v) is 10.6. The third kappa shape index (κ3) is 4.54. The van der Waals surface area contributed by atoms with Gasteiger partial charge in [-0.1, -0.05) is 30.3 Å². The van der Waals surface area contributed by atoms with Crippen LogP contribution in [0.2, 0.25) is 0 Å². The van der Waals surface area contributed by atoms with Gasteiger partial charge in [0.05, 0.1) is 38.8 Å². The summed E-state index contributed by atoms with van der Waals surface area (Å²) in [6, 6.07) is 12.6. The number of ether oxygens (including phenoxy) is 2. The maximum atomic E-state index is 13.3. The molecule has 9 nitrogen and oxygen atoms in total. The molecule has 3 heterocycles. The molecule has 0 saturated carbocycles. The number of benzene rings is 1. The van der Waals surface area contributed by atoms with Crippen LogP contribution >= 0.6 is 0 Å². The molecule has 1 aliphatic rings. The lowest BCUT2D eigenvalue weighted by molar-refractivity contribution is 0.0559. The van der Waals surface area contributed by atoms with Crippen LogP contribution in [0.5, 0.6) is 11.5 Å². The van der Waals surface area contributed by atoms with Gasteiger partial charge in [-0.15, -0.1) is 0 Å². The number of amides is 1. The molecule has 3 aromatic rings. The minimum Gasteiger partial charge on any atom is -0.496 e. The number of aliphatic hydroxyl groups is 1. The van der Waals surface area contributed by atoms with Crippen LogP contribution in [0.25, 0.3) is 11.1 Å². The molecule has 0 bridgehead atoms. The number of aliphatic hydroxyl groups excluding tert-OH is 1. The molecule has 1 atom stereocenters. The molecule has 0 spiro atoms. The van der Waals surface area contributed by atoms with Gasteiger partial charge in [0, 0.05) is 43.5 Å². The molecule has 0 unspecified atom stereocenters. The molecule has 172 valence electrons. The fourth-order valence-corrected chi connectivity index (χ4v) is 4.05. The fourth-order valence-electron chi connectivity index (χ4n) is 4.05. The average Bonchev–Trinajstić information content (AvgIpc) is 2.87. The van der Waals surface area contributed by atoms with E-state index in [1.807, 2.05) is 35.2 Å². The molecule has 2 aromatic heterocycles. The quantitative estimate of drug-likeness (QED) is 0.588. The molecule has 3 N–H and O–H groups in total. The van der Waals surface area contributed by atoms with Crippen molar-refractivity contribution in [3.8, 4) is 22.6 Å². The van der Waals surface area contributed by atoms with Gasteiger partial charge in [0.15, 0.2) is 0 Å². The number of hydrogen-bond acceptors (Lipinski definition) is 8. The summed E-state index contributed by atoms with van der Waals surface area (Å²) in [4.78, 5) is 25.6. The summed E-state index contributed by atoms with van der Waals surface area (Å²) in [5.74, 6) is 1.27. The van der Waals surface area contributed by atoms with E-state index in [1.54, 1.807) is 43.6 Å². The number of piperazine rings is 1. The van der Waals surface area contributed by atoms with Crippen molar-refractivity contribution in [1.82, 2.24) is 14.9 Å². The monoisotopic (exact) mass is 449 g/mol. The first kappa shape index (κ1) is 22.3. The second-order valence-corrected chi connectivity index (χ2v) is 7.70. The molecule has 4 rings (SSSR count). The Balaban J connectivity index is 1.56. The number of nitrogens with zero attached hydrogens (tertiary/aromatic N) is 4. The highest BCUT2D eigenvalue weighted by Crippen LogP contribution is 2.32. The normalized spacial score (nSPS) is 15.9. The van der Waals surface area contributed by atoms with E-state index in [-0.39, 0.29) is 18.2 Å². The van der Waals surface area contributed by atoms with Gasteiger partial charge in [-0.2, -0.15) is 0 Å². The van der Waals surface area contributed by atoms with E-state index in [2.05, 4.69) is 9.97 Å². The van der Waals surface area contributed by atoms with E-state index < -0.39 is 6.04 Å². The number of rotatable bonds is 6. The Morgan fingerprint density at radius 3 is 2.55 bits per heavy atom. The van der Waals surface area contributed by atoms with Gasteiger partial charge in [0.1, 0.15) is 23.0 Å².